The topological polar surface area (TPSA) is 94.0 Å². The Morgan fingerprint density at radius 2 is 1.88 bits per heavy atom. The minimum atomic E-state index is -0.802. The number of aromatic nitrogens is 2. The number of nitrogens with zero attached hydrogens (tertiary/aromatic N) is 4. The molecule has 174 valence electrons. The molecule has 0 radical (unpaired) electrons. The van der Waals surface area contributed by atoms with Crippen LogP contribution in [0.4, 0.5) is 0 Å². The lowest BCUT2D eigenvalue weighted by molar-refractivity contribution is -0.136. The Morgan fingerprint density at radius 1 is 1.15 bits per heavy atom. The van der Waals surface area contributed by atoms with Gasteiger partial charge in [-0.15, -0.1) is 0 Å². The van der Waals surface area contributed by atoms with Crippen LogP contribution in [0.3, 0.4) is 0 Å². The van der Waals surface area contributed by atoms with Gasteiger partial charge in [0.25, 0.3) is 5.91 Å². The zero-order chi connectivity index (χ0) is 24.1. The van der Waals surface area contributed by atoms with E-state index in [4.69, 9.17) is 21.1 Å². The SMILES string of the molecule is COc1ccc(C2CC(c3ccccc3)=NN2C(=O)COC(=O)c2nc(SC)ncc2Cl)cc1. The molecule has 1 aromatic heterocycles. The number of carbonyl (C=O) groups is 2. The number of thioether (sulfide) groups is 1. The van der Waals surface area contributed by atoms with E-state index in [1.54, 1.807) is 13.4 Å². The van der Waals surface area contributed by atoms with Crippen LogP contribution in [-0.2, 0) is 9.53 Å². The first-order valence-corrected chi connectivity index (χ1v) is 11.9. The summed E-state index contributed by atoms with van der Waals surface area (Å²) in [5.74, 6) is -0.553. The van der Waals surface area contributed by atoms with Gasteiger partial charge in [0, 0.05) is 6.42 Å². The average molecular weight is 497 g/mol. The van der Waals surface area contributed by atoms with E-state index in [1.807, 2.05) is 54.6 Å². The standard InChI is InChI=1S/C24H21ClN4O4S/c1-32-17-10-8-16(9-11-17)20-12-19(15-6-4-3-5-7-15)28-29(20)21(30)14-33-23(31)22-18(25)13-26-24(27-22)34-2/h3-11,13,20H,12,14H2,1-2H3. The van der Waals surface area contributed by atoms with Crippen LogP contribution in [0.15, 0.2) is 71.1 Å². The molecule has 34 heavy (non-hydrogen) atoms. The zero-order valence-electron chi connectivity index (χ0n) is 18.5. The molecule has 0 aliphatic carbocycles. The molecule has 1 aliphatic rings. The molecule has 0 spiro atoms. The van der Waals surface area contributed by atoms with Crippen LogP contribution in [0.5, 0.6) is 5.75 Å². The summed E-state index contributed by atoms with van der Waals surface area (Å²) in [6.07, 6.45) is 3.62. The van der Waals surface area contributed by atoms with Gasteiger partial charge in [-0.2, -0.15) is 5.10 Å². The van der Waals surface area contributed by atoms with Crippen LogP contribution in [0.1, 0.15) is 34.1 Å². The van der Waals surface area contributed by atoms with Crippen LogP contribution in [0, 0.1) is 0 Å². The van der Waals surface area contributed by atoms with Crippen LogP contribution in [0.25, 0.3) is 0 Å². The average Bonchev–Trinajstić information content (AvgIpc) is 3.33. The molecule has 8 nitrogen and oxygen atoms in total. The number of halogens is 1. The molecule has 0 saturated carbocycles. The summed E-state index contributed by atoms with van der Waals surface area (Å²) in [6.45, 7) is -0.508. The molecule has 4 rings (SSSR count). The third kappa shape index (κ3) is 5.21. The third-order valence-electron chi connectivity index (χ3n) is 5.20. The van der Waals surface area contributed by atoms with E-state index in [0.29, 0.717) is 17.3 Å². The Balaban J connectivity index is 1.54. The summed E-state index contributed by atoms with van der Waals surface area (Å²) in [4.78, 5) is 33.7. The number of ether oxygens (including phenoxy) is 2. The van der Waals surface area contributed by atoms with Crippen molar-refractivity contribution in [3.63, 3.8) is 0 Å². The van der Waals surface area contributed by atoms with Gasteiger partial charge in [-0.25, -0.2) is 19.8 Å². The lowest BCUT2D eigenvalue weighted by Gasteiger charge is -2.22. The van der Waals surface area contributed by atoms with Gasteiger partial charge < -0.3 is 9.47 Å². The molecule has 1 atom stereocenters. The predicted octanol–water partition coefficient (Wildman–Crippen LogP) is 4.40. The fourth-order valence-electron chi connectivity index (χ4n) is 3.49. The van der Waals surface area contributed by atoms with Crippen molar-refractivity contribution in [3.05, 3.63) is 82.6 Å². The van der Waals surface area contributed by atoms with Gasteiger partial charge in [0.05, 0.1) is 30.1 Å². The Kier molecular flexibility index (Phi) is 7.44. The third-order valence-corrected chi connectivity index (χ3v) is 6.04. The van der Waals surface area contributed by atoms with E-state index in [1.165, 1.54) is 23.0 Å². The van der Waals surface area contributed by atoms with Gasteiger partial charge in [0.15, 0.2) is 17.5 Å². The first kappa shape index (κ1) is 23.7. The number of benzene rings is 2. The van der Waals surface area contributed by atoms with Crippen molar-refractivity contribution >= 4 is 41.0 Å². The summed E-state index contributed by atoms with van der Waals surface area (Å²) in [5.41, 5.74) is 2.49. The number of carbonyl (C=O) groups excluding carboxylic acids is 2. The van der Waals surface area contributed by atoms with Crippen molar-refractivity contribution in [2.45, 2.75) is 17.6 Å². The van der Waals surface area contributed by atoms with E-state index in [9.17, 15) is 9.59 Å². The van der Waals surface area contributed by atoms with Crippen molar-refractivity contribution in [1.29, 1.82) is 0 Å². The molecule has 0 saturated heterocycles. The minimum absolute atomic E-state index is 0.0527. The fourth-order valence-corrected chi connectivity index (χ4v) is 3.99. The van der Waals surface area contributed by atoms with Crippen LogP contribution < -0.4 is 4.74 Å². The van der Waals surface area contributed by atoms with Gasteiger partial charge in [-0.05, 0) is 29.5 Å². The summed E-state index contributed by atoms with van der Waals surface area (Å²) >= 11 is 7.30. The maximum absolute atomic E-state index is 13.1. The van der Waals surface area contributed by atoms with Crippen LogP contribution in [-0.4, -0.2) is 52.5 Å². The minimum Gasteiger partial charge on any atom is -0.497 e. The Morgan fingerprint density at radius 3 is 2.56 bits per heavy atom. The molecule has 1 aliphatic heterocycles. The van der Waals surface area contributed by atoms with Gasteiger partial charge in [-0.1, -0.05) is 65.8 Å². The molecule has 0 bridgehead atoms. The molecule has 10 heteroatoms. The van der Waals surface area contributed by atoms with E-state index in [-0.39, 0.29) is 16.8 Å². The molecular weight excluding hydrogens is 476 g/mol. The van der Waals surface area contributed by atoms with Gasteiger partial charge in [0.1, 0.15) is 5.75 Å². The molecule has 1 unspecified atom stereocenters. The highest BCUT2D eigenvalue weighted by Gasteiger charge is 2.33. The van der Waals surface area contributed by atoms with Gasteiger partial charge >= 0.3 is 5.97 Å². The molecule has 2 heterocycles. The van der Waals surface area contributed by atoms with Crippen LogP contribution >= 0.6 is 23.4 Å². The second-order valence-corrected chi connectivity index (χ2v) is 8.45. The highest BCUT2D eigenvalue weighted by atomic mass is 35.5. The molecule has 2 aromatic carbocycles. The lowest BCUT2D eigenvalue weighted by Crippen LogP contribution is -2.31. The van der Waals surface area contributed by atoms with Crippen molar-refractivity contribution < 1.29 is 19.1 Å². The highest BCUT2D eigenvalue weighted by Crippen LogP contribution is 2.33. The van der Waals surface area contributed by atoms with Crippen molar-refractivity contribution in [1.82, 2.24) is 15.0 Å². The maximum Gasteiger partial charge on any atom is 0.359 e. The van der Waals surface area contributed by atoms with Gasteiger partial charge in [-0.3, -0.25) is 4.79 Å². The number of esters is 1. The maximum atomic E-state index is 13.1. The first-order chi connectivity index (χ1) is 16.5. The van der Waals surface area contributed by atoms with E-state index in [2.05, 4.69) is 15.1 Å². The number of methoxy groups -OCH3 is 1. The summed E-state index contributed by atoms with van der Waals surface area (Å²) in [5, 5.41) is 6.37. The van der Waals surface area contributed by atoms with Crippen molar-refractivity contribution in [2.24, 2.45) is 5.10 Å². The van der Waals surface area contributed by atoms with E-state index < -0.39 is 18.5 Å². The predicted molar refractivity (Wildman–Crippen MR) is 129 cm³/mol. The van der Waals surface area contributed by atoms with Crippen molar-refractivity contribution in [3.8, 4) is 5.75 Å². The molecule has 3 aromatic rings. The summed E-state index contributed by atoms with van der Waals surface area (Å²) in [6, 6.07) is 16.7. The second kappa shape index (κ2) is 10.7. The summed E-state index contributed by atoms with van der Waals surface area (Å²) in [7, 11) is 1.59. The van der Waals surface area contributed by atoms with Crippen LogP contribution in [0.2, 0.25) is 5.02 Å². The first-order valence-electron chi connectivity index (χ1n) is 10.3. The molecule has 0 fully saturated rings. The molecular formula is C24H21ClN4O4S. The smallest absolute Gasteiger partial charge is 0.359 e. The van der Waals surface area contributed by atoms with Gasteiger partial charge in [0.2, 0.25) is 0 Å². The number of hydrazone groups is 1. The number of amides is 1. The summed E-state index contributed by atoms with van der Waals surface area (Å²) < 4.78 is 10.5. The fraction of sp³-hybridized carbons (Fsp3) is 0.208. The Bertz CT molecular complexity index is 1220. The Labute approximate surface area is 206 Å². The quantitative estimate of drug-likeness (QED) is 0.272. The normalized spacial score (nSPS) is 15.1. The number of hydrogen-bond donors (Lipinski definition) is 0. The number of hydrogen-bond acceptors (Lipinski definition) is 8. The second-order valence-electron chi connectivity index (χ2n) is 7.27. The van der Waals surface area contributed by atoms with Crippen molar-refractivity contribution in [2.75, 3.05) is 20.0 Å². The Hall–Kier alpha value is -3.43. The lowest BCUT2D eigenvalue weighted by atomic mass is 9.98. The molecule has 1 amide bonds. The zero-order valence-corrected chi connectivity index (χ0v) is 20.0. The van der Waals surface area contributed by atoms with E-state index in [0.717, 1.165) is 16.8 Å². The monoisotopic (exact) mass is 496 g/mol. The number of rotatable bonds is 7. The largest absolute Gasteiger partial charge is 0.497 e. The highest BCUT2D eigenvalue weighted by molar-refractivity contribution is 7.98. The molecule has 0 N–H and O–H groups in total. The van der Waals surface area contributed by atoms with E-state index >= 15 is 0 Å².